The Labute approximate surface area is 206 Å². The highest BCUT2D eigenvalue weighted by Gasteiger charge is 2.49. The molecule has 0 aromatic rings. The Bertz CT molecular complexity index is 457. The summed E-state index contributed by atoms with van der Waals surface area (Å²) in [5, 5.41) is 0. The van der Waals surface area contributed by atoms with E-state index < -0.39 is 42.3 Å². The third-order valence-corrected chi connectivity index (χ3v) is 24.1. The maximum atomic E-state index is 6.98. The Balaban J connectivity index is 5.87. The molecule has 0 N–H and O–H groups in total. The van der Waals surface area contributed by atoms with E-state index >= 15 is 0 Å². The van der Waals surface area contributed by atoms with Crippen LogP contribution in [0, 0.1) is 0 Å². The molecular formula is C18H45Cl3O4Si5. The topological polar surface area (TPSA) is 36.9 Å². The van der Waals surface area contributed by atoms with Crippen molar-refractivity contribution in [2.24, 2.45) is 0 Å². The molecule has 0 aliphatic heterocycles. The van der Waals surface area contributed by atoms with E-state index in [1.54, 1.807) is 0 Å². The van der Waals surface area contributed by atoms with Crippen LogP contribution < -0.4 is 0 Å². The van der Waals surface area contributed by atoms with Crippen LogP contribution in [0.4, 0.5) is 0 Å². The maximum Gasteiger partial charge on any atom is 0.317 e. The summed E-state index contributed by atoms with van der Waals surface area (Å²) in [5.74, 6) is 1.82. The fraction of sp³-hybridized carbons (Fsp3) is 1.00. The Kier molecular flexibility index (Phi) is 14.4. The lowest BCUT2D eigenvalue weighted by molar-refractivity contribution is 0.283. The summed E-state index contributed by atoms with van der Waals surface area (Å²) in [6.45, 7) is 19.8. The van der Waals surface area contributed by atoms with Gasteiger partial charge >= 0.3 is 25.7 Å². The maximum absolute atomic E-state index is 6.98. The number of hydrogen-bond donors (Lipinski definition) is 0. The quantitative estimate of drug-likeness (QED) is 0.132. The minimum Gasteiger partial charge on any atom is -0.437 e. The molecule has 2 unspecified atom stereocenters. The van der Waals surface area contributed by atoms with Gasteiger partial charge in [-0.1, -0.05) is 0 Å². The van der Waals surface area contributed by atoms with Crippen molar-refractivity contribution in [3.05, 3.63) is 0 Å². The van der Waals surface area contributed by atoms with Gasteiger partial charge in [-0.2, -0.15) is 0 Å². The van der Waals surface area contributed by atoms with E-state index in [-0.39, 0.29) is 0 Å². The molecule has 30 heavy (non-hydrogen) atoms. The van der Waals surface area contributed by atoms with E-state index in [9.17, 15) is 0 Å². The summed E-state index contributed by atoms with van der Waals surface area (Å²) < 4.78 is 27.3. The molecule has 0 bridgehead atoms. The first kappa shape index (κ1) is 31.8. The summed E-state index contributed by atoms with van der Waals surface area (Å²) in [6, 6.07) is 2.60. The van der Waals surface area contributed by atoms with Gasteiger partial charge in [0.15, 0.2) is 16.6 Å². The number of rotatable bonds is 17. The number of halogens is 3. The first-order valence-electron chi connectivity index (χ1n) is 11.0. The number of alkyl halides is 3. The molecule has 0 aromatic heterocycles. The van der Waals surface area contributed by atoms with Crippen LogP contribution in [-0.4, -0.2) is 60.0 Å². The lowest BCUT2D eigenvalue weighted by atomic mass is 10.6. The van der Waals surface area contributed by atoms with Crippen LogP contribution in [0.3, 0.4) is 0 Å². The Morgan fingerprint density at radius 3 is 0.867 bits per heavy atom. The van der Waals surface area contributed by atoms with Crippen LogP contribution >= 0.6 is 34.8 Å². The largest absolute Gasteiger partial charge is 0.437 e. The molecule has 0 fully saturated rings. The van der Waals surface area contributed by atoms with Crippen LogP contribution in [-0.2, 0) is 16.5 Å². The molecule has 0 amide bonds. The predicted octanol–water partition coefficient (Wildman–Crippen LogP) is 7.83. The smallest absolute Gasteiger partial charge is 0.317 e. The van der Waals surface area contributed by atoms with Crippen molar-refractivity contribution < 1.29 is 16.5 Å². The zero-order valence-corrected chi connectivity index (χ0v) is 27.9. The van der Waals surface area contributed by atoms with Crippen molar-refractivity contribution in [3.63, 3.8) is 0 Å². The van der Waals surface area contributed by atoms with Crippen molar-refractivity contribution in [1.82, 2.24) is 0 Å². The minimum absolute atomic E-state index is 0.596. The molecule has 0 saturated carbocycles. The summed E-state index contributed by atoms with van der Waals surface area (Å²) >= 11 is 18.1. The lowest BCUT2D eigenvalue weighted by Gasteiger charge is -2.45. The summed E-state index contributed by atoms with van der Waals surface area (Å²) in [7, 11) is -11.1. The lowest BCUT2D eigenvalue weighted by Crippen LogP contribution is -2.61. The van der Waals surface area contributed by atoms with Crippen molar-refractivity contribution in [2.45, 2.75) is 96.3 Å². The van der Waals surface area contributed by atoms with E-state index in [1.807, 2.05) is 0 Å². The van der Waals surface area contributed by atoms with Gasteiger partial charge in [0, 0.05) is 17.6 Å². The molecule has 2 atom stereocenters. The van der Waals surface area contributed by atoms with E-state index in [0.29, 0.717) is 17.6 Å². The molecule has 0 aliphatic rings. The molecule has 0 spiro atoms. The zero-order valence-electron chi connectivity index (χ0n) is 20.6. The van der Waals surface area contributed by atoms with Gasteiger partial charge in [0.05, 0.1) is 0 Å². The molecule has 0 rings (SSSR count). The summed E-state index contributed by atoms with van der Waals surface area (Å²) in [6.07, 6.45) is 2.65. The van der Waals surface area contributed by atoms with Crippen LogP contribution in [0.2, 0.25) is 77.1 Å². The summed E-state index contributed by atoms with van der Waals surface area (Å²) in [5.41, 5.74) is 0. The van der Waals surface area contributed by atoms with Crippen LogP contribution in [0.15, 0.2) is 0 Å². The second-order valence-electron chi connectivity index (χ2n) is 10.4. The van der Waals surface area contributed by atoms with Crippen molar-refractivity contribution in [3.8, 4) is 0 Å². The molecule has 0 aromatic carbocycles. The van der Waals surface area contributed by atoms with Gasteiger partial charge in [0.25, 0.3) is 0 Å². The van der Waals surface area contributed by atoms with Crippen molar-refractivity contribution in [1.29, 1.82) is 0 Å². The normalized spacial score (nSPS) is 19.2. The summed E-state index contributed by atoms with van der Waals surface area (Å²) in [4.78, 5) is 0. The Hall–Kier alpha value is 1.79. The molecule has 0 aliphatic carbocycles. The standard InChI is InChI=1S/C18H45Cl3O4Si5/c1-26(2,3)22-28(7,16-10-13-19)24-30(9,18-12-15-21)25-29(8,17-11-14-20)23-27(4,5)6/h10-18H2,1-9H3. The van der Waals surface area contributed by atoms with E-state index in [1.165, 1.54) is 0 Å². The van der Waals surface area contributed by atoms with Crippen LogP contribution in [0.25, 0.3) is 0 Å². The SMILES string of the molecule is C[Si](C)(C)O[Si](C)(CCCCl)O[Si](C)(CCCCl)O[Si](C)(CCCCl)O[Si](C)(C)C. The van der Waals surface area contributed by atoms with Crippen LogP contribution in [0.1, 0.15) is 19.3 Å². The first-order chi connectivity index (χ1) is 13.5. The molecule has 0 heterocycles. The average Bonchev–Trinajstić information content (AvgIpc) is 2.52. The van der Waals surface area contributed by atoms with Crippen LogP contribution in [0.5, 0.6) is 0 Å². The van der Waals surface area contributed by atoms with Gasteiger partial charge in [0.1, 0.15) is 0 Å². The highest BCUT2D eigenvalue weighted by Crippen LogP contribution is 2.33. The highest BCUT2D eigenvalue weighted by molar-refractivity contribution is 6.91. The Morgan fingerprint density at radius 1 is 0.433 bits per heavy atom. The van der Waals surface area contributed by atoms with Gasteiger partial charge < -0.3 is 16.5 Å². The van der Waals surface area contributed by atoms with E-state index in [4.69, 9.17) is 51.3 Å². The minimum atomic E-state index is -2.59. The van der Waals surface area contributed by atoms with Gasteiger partial charge in [-0.15, -0.1) is 34.8 Å². The highest BCUT2D eigenvalue weighted by atomic mass is 35.5. The second-order valence-corrected chi connectivity index (χ2v) is 31.6. The van der Waals surface area contributed by atoms with Gasteiger partial charge in [-0.05, 0) is 96.3 Å². The predicted molar refractivity (Wildman–Crippen MR) is 146 cm³/mol. The van der Waals surface area contributed by atoms with Gasteiger partial charge in [-0.3, -0.25) is 0 Å². The van der Waals surface area contributed by atoms with E-state index in [0.717, 1.165) is 37.4 Å². The molecule has 0 radical (unpaired) electrons. The number of hydrogen-bond acceptors (Lipinski definition) is 4. The third kappa shape index (κ3) is 14.8. The molecular weight excluding hydrogens is 527 g/mol. The average molecular weight is 572 g/mol. The second kappa shape index (κ2) is 13.6. The zero-order chi connectivity index (χ0) is 23.7. The van der Waals surface area contributed by atoms with Crippen molar-refractivity contribution in [2.75, 3.05) is 17.6 Å². The molecule has 4 nitrogen and oxygen atoms in total. The van der Waals surface area contributed by atoms with Crippen molar-refractivity contribution >= 4 is 77.1 Å². The monoisotopic (exact) mass is 570 g/mol. The first-order valence-corrected chi connectivity index (χ1v) is 27.0. The fourth-order valence-electron chi connectivity index (χ4n) is 3.74. The fourth-order valence-corrected chi connectivity index (χ4v) is 29.0. The molecule has 12 heteroatoms. The Morgan fingerprint density at radius 2 is 0.667 bits per heavy atom. The van der Waals surface area contributed by atoms with Gasteiger partial charge in [0.2, 0.25) is 0 Å². The van der Waals surface area contributed by atoms with E-state index in [2.05, 4.69) is 58.9 Å². The molecule has 182 valence electrons. The van der Waals surface area contributed by atoms with Gasteiger partial charge in [-0.25, -0.2) is 0 Å². The third-order valence-electron chi connectivity index (χ3n) is 4.20. The molecule has 0 saturated heterocycles.